The summed E-state index contributed by atoms with van der Waals surface area (Å²) in [5, 5.41) is 3.94. The molecule has 0 bridgehead atoms. The fourth-order valence-electron chi connectivity index (χ4n) is 2.10. The first kappa shape index (κ1) is 13.2. The summed E-state index contributed by atoms with van der Waals surface area (Å²) in [6.07, 6.45) is 0. The van der Waals surface area contributed by atoms with Gasteiger partial charge in [0.25, 0.3) is 0 Å². The third-order valence-electron chi connectivity index (χ3n) is 3.14. The van der Waals surface area contributed by atoms with Gasteiger partial charge >= 0.3 is 0 Å². The Morgan fingerprint density at radius 1 is 1.20 bits per heavy atom. The van der Waals surface area contributed by atoms with E-state index in [0.29, 0.717) is 10.9 Å². The SMILES string of the molecule is CCNCc1ccc2nc(-c3ccccc3Cl)oc2c1. The van der Waals surface area contributed by atoms with Crippen LogP contribution in [0.15, 0.2) is 46.9 Å². The van der Waals surface area contributed by atoms with Crippen molar-refractivity contribution in [3.05, 3.63) is 53.1 Å². The van der Waals surface area contributed by atoms with Crippen LogP contribution in [0.3, 0.4) is 0 Å². The molecule has 0 spiro atoms. The molecule has 102 valence electrons. The number of aromatic nitrogens is 1. The molecule has 1 N–H and O–H groups in total. The summed E-state index contributed by atoms with van der Waals surface area (Å²) in [6, 6.07) is 13.6. The summed E-state index contributed by atoms with van der Waals surface area (Å²) < 4.78 is 5.83. The number of oxazole rings is 1. The minimum atomic E-state index is 0.561. The van der Waals surface area contributed by atoms with Crippen LogP contribution in [0.2, 0.25) is 5.02 Å². The molecular formula is C16H15ClN2O. The molecule has 0 atom stereocenters. The smallest absolute Gasteiger partial charge is 0.228 e. The fourth-order valence-corrected chi connectivity index (χ4v) is 2.31. The van der Waals surface area contributed by atoms with Crippen LogP contribution >= 0.6 is 11.6 Å². The average molecular weight is 287 g/mol. The molecule has 0 fully saturated rings. The largest absolute Gasteiger partial charge is 0.436 e. The molecule has 0 aliphatic rings. The first-order valence-electron chi connectivity index (χ1n) is 6.63. The Kier molecular flexibility index (Phi) is 3.72. The van der Waals surface area contributed by atoms with E-state index in [0.717, 1.165) is 29.8 Å². The van der Waals surface area contributed by atoms with E-state index in [2.05, 4.69) is 23.3 Å². The second kappa shape index (κ2) is 5.65. The van der Waals surface area contributed by atoms with Crippen molar-refractivity contribution in [3.8, 4) is 11.5 Å². The Morgan fingerprint density at radius 2 is 2.05 bits per heavy atom. The zero-order chi connectivity index (χ0) is 13.9. The lowest BCUT2D eigenvalue weighted by molar-refractivity contribution is 0.618. The molecule has 0 aliphatic carbocycles. The predicted octanol–water partition coefficient (Wildman–Crippen LogP) is 4.26. The molecule has 0 aliphatic heterocycles. The highest BCUT2D eigenvalue weighted by molar-refractivity contribution is 6.33. The van der Waals surface area contributed by atoms with Crippen LogP contribution in [-0.2, 0) is 6.54 Å². The first-order valence-corrected chi connectivity index (χ1v) is 7.01. The van der Waals surface area contributed by atoms with E-state index in [-0.39, 0.29) is 0 Å². The van der Waals surface area contributed by atoms with Crippen molar-refractivity contribution in [1.82, 2.24) is 10.3 Å². The Hall–Kier alpha value is -1.84. The summed E-state index contributed by atoms with van der Waals surface area (Å²) in [5.41, 5.74) is 3.63. The van der Waals surface area contributed by atoms with Crippen LogP contribution < -0.4 is 5.32 Å². The van der Waals surface area contributed by atoms with Gasteiger partial charge < -0.3 is 9.73 Å². The van der Waals surface area contributed by atoms with E-state index in [4.69, 9.17) is 16.0 Å². The number of fused-ring (bicyclic) bond motifs is 1. The minimum Gasteiger partial charge on any atom is -0.436 e. The Morgan fingerprint density at radius 3 is 2.85 bits per heavy atom. The number of nitrogens with one attached hydrogen (secondary N) is 1. The molecule has 0 saturated carbocycles. The molecule has 1 heterocycles. The summed E-state index contributed by atoms with van der Waals surface area (Å²) >= 11 is 6.18. The van der Waals surface area contributed by atoms with E-state index < -0.39 is 0 Å². The maximum absolute atomic E-state index is 6.18. The van der Waals surface area contributed by atoms with Crippen molar-refractivity contribution < 1.29 is 4.42 Å². The van der Waals surface area contributed by atoms with Gasteiger partial charge in [0.05, 0.1) is 10.6 Å². The monoisotopic (exact) mass is 286 g/mol. The van der Waals surface area contributed by atoms with Crippen LogP contribution in [0.1, 0.15) is 12.5 Å². The van der Waals surface area contributed by atoms with Crippen LogP contribution in [0.4, 0.5) is 0 Å². The highest BCUT2D eigenvalue weighted by Crippen LogP contribution is 2.29. The highest BCUT2D eigenvalue weighted by Gasteiger charge is 2.11. The quantitative estimate of drug-likeness (QED) is 0.779. The second-order valence-electron chi connectivity index (χ2n) is 4.58. The standard InChI is InChI=1S/C16H15ClN2O/c1-2-18-10-11-7-8-14-15(9-11)20-16(19-14)12-5-3-4-6-13(12)17/h3-9,18H,2,10H2,1H3. The lowest BCUT2D eigenvalue weighted by atomic mass is 10.2. The summed E-state index contributed by atoms with van der Waals surface area (Å²) in [7, 11) is 0. The third kappa shape index (κ3) is 2.55. The van der Waals surface area contributed by atoms with Crippen molar-refractivity contribution in [2.45, 2.75) is 13.5 Å². The van der Waals surface area contributed by atoms with E-state index in [9.17, 15) is 0 Å². The van der Waals surface area contributed by atoms with E-state index in [1.54, 1.807) is 0 Å². The number of hydrogen-bond donors (Lipinski definition) is 1. The summed E-state index contributed by atoms with van der Waals surface area (Å²) in [5.74, 6) is 0.561. The van der Waals surface area contributed by atoms with Gasteiger partial charge in [-0.25, -0.2) is 4.98 Å². The molecular weight excluding hydrogens is 272 g/mol. The molecule has 0 unspecified atom stereocenters. The normalized spacial score (nSPS) is 11.1. The lowest BCUT2D eigenvalue weighted by Crippen LogP contribution is -2.11. The number of rotatable bonds is 4. The van der Waals surface area contributed by atoms with Gasteiger partial charge in [-0.15, -0.1) is 0 Å². The van der Waals surface area contributed by atoms with Crippen LogP contribution in [0, 0.1) is 0 Å². The van der Waals surface area contributed by atoms with Gasteiger partial charge in [-0.1, -0.05) is 36.7 Å². The first-order chi connectivity index (χ1) is 9.78. The molecule has 0 saturated heterocycles. The molecule has 20 heavy (non-hydrogen) atoms. The maximum Gasteiger partial charge on any atom is 0.228 e. The van der Waals surface area contributed by atoms with Gasteiger partial charge in [-0.3, -0.25) is 0 Å². The van der Waals surface area contributed by atoms with Crippen molar-refractivity contribution in [2.75, 3.05) is 6.54 Å². The Labute approximate surface area is 122 Å². The second-order valence-corrected chi connectivity index (χ2v) is 4.99. The number of hydrogen-bond acceptors (Lipinski definition) is 3. The number of nitrogens with zero attached hydrogens (tertiary/aromatic N) is 1. The van der Waals surface area contributed by atoms with Crippen molar-refractivity contribution in [2.24, 2.45) is 0 Å². The highest BCUT2D eigenvalue weighted by atomic mass is 35.5. The van der Waals surface area contributed by atoms with Gasteiger partial charge in [-0.2, -0.15) is 0 Å². The van der Waals surface area contributed by atoms with Crippen LogP contribution in [0.5, 0.6) is 0 Å². The maximum atomic E-state index is 6.18. The Balaban J connectivity index is 2.00. The van der Waals surface area contributed by atoms with Crippen LogP contribution in [0.25, 0.3) is 22.6 Å². The van der Waals surface area contributed by atoms with Crippen molar-refractivity contribution in [1.29, 1.82) is 0 Å². The van der Waals surface area contributed by atoms with E-state index in [1.807, 2.05) is 36.4 Å². The molecule has 0 amide bonds. The molecule has 0 radical (unpaired) electrons. The molecule has 3 nitrogen and oxygen atoms in total. The van der Waals surface area contributed by atoms with Gasteiger partial charge in [-0.05, 0) is 36.4 Å². The zero-order valence-electron chi connectivity index (χ0n) is 11.2. The molecule has 3 aromatic rings. The third-order valence-corrected chi connectivity index (χ3v) is 3.47. The van der Waals surface area contributed by atoms with Crippen molar-refractivity contribution in [3.63, 3.8) is 0 Å². The zero-order valence-corrected chi connectivity index (χ0v) is 11.9. The van der Waals surface area contributed by atoms with E-state index >= 15 is 0 Å². The van der Waals surface area contributed by atoms with Gasteiger partial charge in [0.15, 0.2) is 5.58 Å². The molecule has 2 aromatic carbocycles. The van der Waals surface area contributed by atoms with E-state index in [1.165, 1.54) is 5.56 Å². The predicted molar refractivity (Wildman–Crippen MR) is 81.8 cm³/mol. The van der Waals surface area contributed by atoms with Gasteiger partial charge in [0.2, 0.25) is 5.89 Å². The van der Waals surface area contributed by atoms with Gasteiger partial charge in [0.1, 0.15) is 5.52 Å². The minimum absolute atomic E-state index is 0.561. The topological polar surface area (TPSA) is 38.1 Å². The van der Waals surface area contributed by atoms with Crippen molar-refractivity contribution >= 4 is 22.7 Å². The summed E-state index contributed by atoms with van der Waals surface area (Å²) in [6.45, 7) is 3.86. The van der Waals surface area contributed by atoms with Gasteiger partial charge in [0, 0.05) is 6.54 Å². The summed E-state index contributed by atoms with van der Waals surface area (Å²) in [4.78, 5) is 4.49. The number of halogens is 1. The fraction of sp³-hybridized carbons (Fsp3) is 0.188. The lowest BCUT2D eigenvalue weighted by Gasteiger charge is -2.00. The molecule has 1 aromatic heterocycles. The average Bonchev–Trinajstić information content (AvgIpc) is 2.88. The van der Waals surface area contributed by atoms with Crippen LogP contribution in [-0.4, -0.2) is 11.5 Å². The molecule has 4 heteroatoms. The molecule has 3 rings (SSSR count). The Bertz CT molecular complexity index is 736. The number of benzene rings is 2.